The van der Waals surface area contributed by atoms with E-state index < -0.39 is 0 Å². The number of hydrogen-bond acceptors (Lipinski definition) is 4. The highest BCUT2D eigenvalue weighted by atomic mass is 15.1. The number of rotatable bonds is 8. The molecule has 0 heterocycles. The van der Waals surface area contributed by atoms with E-state index in [9.17, 15) is 0 Å². The van der Waals surface area contributed by atoms with Crippen LogP contribution in [0, 0.1) is 0 Å². The molecule has 0 aromatic carbocycles. The first-order valence-electron chi connectivity index (χ1n) is 7.72. The van der Waals surface area contributed by atoms with E-state index in [4.69, 9.17) is 11.5 Å². The third-order valence-corrected chi connectivity index (χ3v) is 3.86. The molecular weight excluding hydrogens is 224 g/mol. The molecule has 0 atom stereocenters. The van der Waals surface area contributed by atoms with Gasteiger partial charge in [0.05, 0.1) is 0 Å². The van der Waals surface area contributed by atoms with Gasteiger partial charge < -0.3 is 16.8 Å². The summed E-state index contributed by atoms with van der Waals surface area (Å²) in [6, 6.07) is 0.739. The third-order valence-electron chi connectivity index (χ3n) is 3.86. The fourth-order valence-corrected chi connectivity index (χ4v) is 2.79. The van der Waals surface area contributed by atoms with Crippen molar-refractivity contribution in [3.05, 3.63) is 0 Å². The smallest absolute Gasteiger partial charge is 0.0108 e. The van der Waals surface area contributed by atoms with E-state index >= 15 is 0 Å². The van der Waals surface area contributed by atoms with Gasteiger partial charge in [-0.2, -0.15) is 0 Å². The summed E-state index contributed by atoms with van der Waals surface area (Å²) in [4.78, 5) is 2.36. The average Bonchev–Trinajstić information content (AvgIpc) is 2.32. The number of nitrogens with two attached hydrogens (primary N) is 2. The van der Waals surface area contributed by atoms with Gasteiger partial charge in [-0.1, -0.05) is 32.1 Å². The summed E-state index contributed by atoms with van der Waals surface area (Å²) in [5.74, 6) is 0. The molecule has 4 heteroatoms. The molecule has 1 aliphatic carbocycles. The van der Waals surface area contributed by atoms with Gasteiger partial charge in [0.15, 0.2) is 0 Å². The Hall–Kier alpha value is -0.160. The summed E-state index contributed by atoms with van der Waals surface area (Å²) in [7, 11) is 0. The van der Waals surface area contributed by atoms with Crippen LogP contribution in [0.5, 0.6) is 0 Å². The quantitative estimate of drug-likeness (QED) is 0.604. The van der Waals surface area contributed by atoms with E-state index in [0.29, 0.717) is 0 Å². The van der Waals surface area contributed by atoms with Crippen molar-refractivity contribution in [2.24, 2.45) is 11.5 Å². The zero-order valence-electron chi connectivity index (χ0n) is 11.9. The molecule has 0 radical (unpaired) electrons. The van der Waals surface area contributed by atoms with Crippen molar-refractivity contribution in [3.8, 4) is 0 Å². The Labute approximate surface area is 112 Å². The molecule has 0 unspecified atom stereocenters. The molecule has 0 aromatic rings. The predicted octanol–water partition coefficient (Wildman–Crippen LogP) is 0.908. The monoisotopic (exact) mass is 256 g/mol. The first-order valence-corrected chi connectivity index (χ1v) is 7.72. The van der Waals surface area contributed by atoms with Gasteiger partial charge >= 0.3 is 0 Å². The molecule has 108 valence electrons. The van der Waals surface area contributed by atoms with Crippen LogP contribution in [-0.2, 0) is 0 Å². The highest BCUT2D eigenvalue weighted by molar-refractivity contribution is 4.71. The molecule has 0 amide bonds. The van der Waals surface area contributed by atoms with Crippen molar-refractivity contribution in [2.75, 3.05) is 39.3 Å². The summed E-state index contributed by atoms with van der Waals surface area (Å²) in [6.45, 7) is 5.52. The lowest BCUT2D eigenvalue weighted by Gasteiger charge is -2.24. The van der Waals surface area contributed by atoms with Crippen LogP contribution in [0.25, 0.3) is 0 Å². The van der Waals surface area contributed by atoms with E-state index in [2.05, 4.69) is 10.2 Å². The van der Waals surface area contributed by atoms with Gasteiger partial charge in [0.2, 0.25) is 0 Å². The Kier molecular flexibility index (Phi) is 9.48. The first-order chi connectivity index (χ1) is 8.86. The predicted molar refractivity (Wildman–Crippen MR) is 78.7 cm³/mol. The molecular formula is C14H32N4. The van der Waals surface area contributed by atoms with E-state index in [0.717, 1.165) is 45.3 Å². The van der Waals surface area contributed by atoms with Crippen LogP contribution in [0.3, 0.4) is 0 Å². The average molecular weight is 256 g/mol. The normalized spacial score (nSPS) is 18.8. The molecule has 0 aromatic heterocycles. The van der Waals surface area contributed by atoms with E-state index in [1.807, 2.05) is 0 Å². The Morgan fingerprint density at radius 3 is 1.94 bits per heavy atom. The number of nitrogens with zero attached hydrogens (tertiary/aromatic N) is 1. The van der Waals surface area contributed by atoms with Crippen molar-refractivity contribution in [1.29, 1.82) is 0 Å². The van der Waals surface area contributed by atoms with Crippen molar-refractivity contribution < 1.29 is 0 Å². The zero-order valence-corrected chi connectivity index (χ0v) is 11.9. The van der Waals surface area contributed by atoms with Gasteiger partial charge in [-0.05, 0) is 12.8 Å². The molecule has 1 fully saturated rings. The highest BCUT2D eigenvalue weighted by Gasteiger charge is 2.11. The molecule has 4 nitrogen and oxygen atoms in total. The standard InChI is InChI=1S/C14H32N4/c15-8-11-18(12-9-16)13-10-17-14-6-4-2-1-3-5-7-14/h14,17H,1-13,15-16H2. The Morgan fingerprint density at radius 2 is 1.39 bits per heavy atom. The van der Waals surface area contributed by atoms with Gasteiger partial charge in [0, 0.05) is 45.3 Å². The van der Waals surface area contributed by atoms with E-state index in [-0.39, 0.29) is 0 Å². The SMILES string of the molecule is NCCN(CCN)CCNC1CCCCCCC1. The number of hydrogen-bond donors (Lipinski definition) is 3. The van der Waals surface area contributed by atoms with Gasteiger partial charge in [-0.3, -0.25) is 4.90 Å². The molecule has 18 heavy (non-hydrogen) atoms. The lowest BCUT2D eigenvalue weighted by atomic mass is 9.97. The second-order valence-electron chi connectivity index (χ2n) is 5.42. The maximum absolute atomic E-state index is 5.61. The maximum atomic E-state index is 5.61. The second kappa shape index (κ2) is 10.7. The molecule has 5 N–H and O–H groups in total. The van der Waals surface area contributed by atoms with Crippen LogP contribution >= 0.6 is 0 Å². The van der Waals surface area contributed by atoms with Crippen molar-refractivity contribution in [1.82, 2.24) is 10.2 Å². The molecule has 0 saturated heterocycles. The number of nitrogens with one attached hydrogen (secondary N) is 1. The van der Waals surface area contributed by atoms with Crippen LogP contribution in [0.15, 0.2) is 0 Å². The maximum Gasteiger partial charge on any atom is 0.0108 e. The van der Waals surface area contributed by atoms with Gasteiger partial charge in [0.25, 0.3) is 0 Å². The van der Waals surface area contributed by atoms with Crippen LogP contribution in [0.1, 0.15) is 44.9 Å². The van der Waals surface area contributed by atoms with Crippen molar-refractivity contribution in [3.63, 3.8) is 0 Å². The molecule has 1 aliphatic rings. The zero-order chi connectivity index (χ0) is 13.1. The molecule has 1 rings (SSSR count). The fourth-order valence-electron chi connectivity index (χ4n) is 2.79. The van der Waals surface area contributed by atoms with E-state index in [1.165, 1.54) is 44.9 Å². The molecule has 0 bridgehead atoms. The summed E-state index contributed by atoms with van der Waals surface area (Å²) in [5.41, 5.74) is 11.2. The largest absolute Gasteiger partial charge is 0.329 e. The van der Waals surface area contributed by atoms with Crippen LogP contribution in [-0.4, -0.2) is 50.2 Å². The minimum absolute atomic E-state index is 0.726. The summed E-state index contributed by atoms with van der Waals surface area (Å²) in [5, 5.41) is 3.71. The molecule has 1 saturated carbocycles. The van der Waals surface area contributed by atoms with Crippen LogP contribution < -0.4 is 16.8 Å². The minimum Gasteiger partial charge on any atom is -0.329 e. The van der Waals surface area contributed by atoms with Gasteiger partial charge in [-0.15, -0.1) is 0 Å². The second-order valence-corrected chi connectivity index (χ2v) is 5.42. The lowest BCUT2D eigenvalue weighted by molar-refractivity contribution is 0.276. The fraction of sp³-hybridized carbons (Fsp3) is 1.00. The highest BCUT2D eigenvalue weighted by Crippen LogP contribution is 2.16. The molecule has 0 spiro atoms. The topological polar surface area (TPSA) is 67.3 Å². The van der Waals surface area contributed by atoms with E-state index in [1.54, 1.807) is 0 Å². The van der Waals surface area contributed by atoms with Gasteiger partial charge in [0.1, 0.15) is 0 Å². The molecule has 0 aliphatic heterocycles. The van der Waals surface area contributed by atoms with Crippen LogP contribution in [0.2, 0.25) is 0 Å². The van der Waals surface area contributed by atoms with Crippen molar-refractivity contribution >= 4 is 0 Å². The Morgan fingerprint density at radius 1 is 0.833 bits per heavy atom. The Bertz CT molecular complexity index is 173. The summed E-state index contributed by atoms with van der Waals surface area (Å²) in [6.07, 6.45) is 9.78. The summed E-state index contributed by atoms with van der Waals surface area (Å²) < 4.78 is 0. The Balaban J connectivity index is 2.13. The van der Waals surface area contributed by atoms with Gasteiger partial charge in [-0.25, -0.2) is 0 Å². The van der Waals surface area contributed by atoms with Crippen molar-refractivity contribution in [2.45, 2.75) is 51.0 Å². The first kappa shape index (κ1) is 15.9. The lowest BCUT2D eigenvalue weighted by Crippen LogP contribution is -2.41. The minimum atomic E-state index is 0.726. The summed E-state index contributed by atoms with van der Waals surface area (Å²) >= 11 is 0. The third kappa shape index (κ3) is 7.31. The van der Waals surface area contributed by atoms with Crippen LogP contribution in [0.4, 0.5) is 0 Å².